The van der Waals surface area contributed by atoms with Crippen molar-refractivity contribution in [1.82, 2.24) is 9.55 Å². The molecule has 0 aliphatic rings. The summed E-state index contributed by atoms with van der Waals surface area (Å²) in [5, 5.41) is 8.75. The van der Waals surface area contributed by atoms with Gasteiger partial charge in [-0.25, -0.2) is 0 Å². The second kappa shape index (κ2) is 22.9. The van der Waals surface area contributed by atoms with E-state index in [1.807, 2.05) is 79.0 Å². The van der Waals surface area contributed by atoms with Crippen LogP contribution in [-0.4, -0.2) is 15.0 Å². The van der Waals surface area contributed by atoms with Crippen molar-refractivity contribution >= 4 is 68.7 Å². The lowest BCUT2D eigenvalue weighted by Crippen LogP contribution is -2.25. The third-order valence-corrected chi connectivity index (χ3v) is 19.5. The summed E-state index contributed by atoms with van der Waals surface area (Å²) >= 11 is 0. The first-order chi connectivity index (χ1) is 37.6. The molecule has 0 unspecified atom stereocenters. The quantitative estimate of drug-likeness (QED) is 0.121. The van der Waals surface area contributed by atoms with Gasteiger partial charge < -0.3 is 14.6 Å². The molecule has 0 saturated heterocycles. The van der Waals surface area contributed by atoms with E-state index >= 15 is 4.57 Å². The van der Waals surface area contributed by atoms with E-state index in [-0.39, 0.29) is 5.48 Å². The monoisotopic (exact) mass is 1030 g/mol. The third-order valence-electron chi connectivity index (χ3n) is 14.0. The van der Waals surface area contributed by atoms with Gasteiger partial charge in [-0.05, 0) is 93.6 Å². The fourth-order valence-electron chi connectivity index (χ4n) is 10.2. The first-order valence-electron chi connectivity index (χ1n) is 25.6. The maximum absolute atomic E-state index is 15.4. The Balaban J connectivity index is 0.000000176. The van der Waals surface area contributed by atoms with Crippen molar-refractivity contribution in [2.45, 2.75) is 0 Å². The van der Waals surface area contributed by atoms with Gasteiger partial charge >= 0.3 is 0 Å². The number of hydrogen-bond acceptors (Lipinski definition) is 2. The lowest BCUT2D eigenvalue weighted by molar-refractivity contribution is 0.592. The van der Waals surface area contributed by atoms with Crippen LogP contribution < -0.4 is 31.8 Å². The number of rotatable bonds is 11. The maximum atomic E-state index is 15.4. The van der Waals surface area contributed by atoms with Crippen molar-refractivity contribution in [2.75, 3.05) is 0 Å². The van der Waals surface area contributed by atoms with E-state index in [0.717, 1.165) is 49.3 Å². The molecule has 13 aromatic rings. The molecule has 6 heteroatoms. The molecule has 0 bridgehead atoms. The highest BCUT2D eigenvalue weighted by atomic mass is 31.2. The molecule has 0 amide bonds. The van der Waals surface area contributed by atoms with Gasteiger partial charge in [-0.3, -0.25) is 4.98 Å². The Morgan fingerprint density at radius 2 is 0.701 bits per heavy atom. The molecule has 0 saturated carbocycles. The van der Waals surface area contributed by atoms with Gasteiger partial charge in [0.15, 0.2) is 7.14 Å². The Kier molecular flexibility index (Phi) is 14.9. The van der Waals surface area contributed by atoms with E-state index in [1.165, 1.54) is 54.7 Å². The van der Waals surface area contributed by atoms with E-state index in [1.54, 1.807) is 0 Å². The topological polar surface area (TPSA) is 66.4 Å². The summed E-state index contributed by atoms with van der Waals surface area (Å²) in [4.78, 5) is 4.60. The maximum Gasteiger partial charge on any atom is 0.171 e. The van der Waals surface area contributed by atoms with Gasteiger partial charge in [0, 0.05) is 44.1 Å². The van der Waals surface area contributed by atoms with Crippen LogP contribution in [0.4, 0.5) is 0 Å². The number of benzene rings is 11. The second-order valence-corrected chi connectivity index (χ2v) is 23.7. The van der Waals surface area contributed by atoms with Crippen molar-refractivity contribution in [3.05, 3.63) is 316 Å². The number of aromatic nitrogens is 2. The fraction of sp³-hybridized carbons (Fsp3) is 0. The molecule has 0 aliphatic carbocycles. The highest BCUT2D eigenvalue weighted by Gasteiger charge is 2.31. The fourth-order valence-corrected chi connectivity index (χ4v) is 15.2. The third kappa shape index (κ3) is 10.4. The SMILES string of the molecule is O.O=P(c1ccccc1)(c1ccccc1)c1ccc2c3ccc(P(c4ccccc4)c4ccccc4)cc3n(-c3ccccc3)c2c1.c1ccc(-c2ccc(-c3ccnc(-c4ccc(-c5ccccc5)cc4)c3)cc2)cc1. The van der Waals surface area contributed by atoms with Gasteiger partial charge in [0.1, 0.15) is 0 Å². The molecule has 4 nitrogen and oxygen atoms in total. The Morgan fingerprint density at radius 1 is 0.312 bits per heavy atom. The molecule has 77 heavy (non-hydrogen) atoms. The molecule has 0 fully saturated rings. The standard InChI is InChI=1S/C42H31NOP2.C29H21N.H2O/c44-46(36-22-12-4-13-23-36,37-24-14-5-15-25-37)38-27-29-40-39-28-26-35(30-41(39)43(42(40)31-38)32-16-6-1-7-17-32)45(33-18-8-2-9-19-33)34-20-10-3-11-21-34;1-3-7-22(8-4-1)24-11-13-26(14-12-24)28-19-20-30-29(21-28)27-17-15-25(16-18-27)23-9-5-2-6-10-23;/h1-31H;1-21H;1H2. The van der Waals surface area contributed by atoms with E-state index in [2.05, 4.69) is 246 Å². The average Bonchev–Trinajstić information content (AvgIpc) is 3.92. The Morgan fingerprint density at radius 3 is 1.19 bits per heavy atom. The lowest BCUT2D eigenvalue weighted by atomic mass is 9.99. The van der Waals surface area contributed by atoms with E-state index in [9.17, 15) is 0 Å². The number of pyridine rings is 1. The lowest BCUT2D eigenvalue weighted by Gasteiger charge is -2.20. The summed E-state index contributed by atoms with van der Waals surface area (Å²) in [6.07, 6.45) is 1.89. The molecule has 2 N–H and O–H groups in total. The largest absolute Gasteiger partial charge is 0.412 e. The normalized spacial score (nSPS) is 11.2. The number of nitrogens with zero attached hydrogens (tertiary/aromatic N) is 2. The summed E-state index contributed by atoms with van der Waals surface area (Å²) in [6.45, 7) is 0. The molecular weight excluding hydrogens is 975 g/mol. The van der Waals surface area contributed by atoms with Gasteiger partial charge in [0.25, 0.3) is 0 Å². The predicted molar refractivity (Wildman–Crippen MR) is 328 cm³/mol. The summed E-state index contributed by atoms with van der Waals surface area (Å²) in [7, 11) is -3.92. The van der Waals surface area contributed by atoms with Gasteiger partial charge in [0.05, 0.1) is 16.7 Å². The van der Waals surface area contributed by atoms with Crippen molar-refractivity contribution in [3.63, 3.8) is 0 Å². The summed E-state index contributed by atoms with van der Waals surface area (Å²) in [6, 6.07) is 108. The molecule has 0 atom stereocenters. The summed E-state index contributed by atoms with van der Waals surface area (Å²) < 4.78 is 17.7. The molecule has 11 aromatic carbocycles. The van der Waals surface area contributed by atoms with Gasteiger partial charge in [0.2, 0.25) is 0 Å². The molecule has 2 aromatic heterocycles. The number of fused-ring (bicyclic) bond motifs is 3. The molecule has 13 rings (SSSR count). The first-order valence-corrected chi connectivity index (χ1v) is 28.7. The molecule has 2 heterocycles. The predicted octanol–water partition coefficient (Wildman–Crippen LogP) is 15.1. The molecule has 0 radical (unpaired) electrons. The molecule has 0 aliphatic heterocycles. The second-order valence-electron chi connectivity index (χ2n) is 18.7. The van der Waals surface area contributed by atoms with Crippen LogP contribution in [0.15, 0.2) is 316 Å². The number of hydrogen-bond donors (Lipinski definition) is 0. The van der Waals surface area contributed by atoms with Crippen molar-refractivity contribution in [1.29, 1.82) is 0 Å². The molecule has 0 spiro atoms. The zero-order valence-electron chi connectivity index (χ0n) is 42.2. The van der Waals surface area contributed by atoms with Gasteiger partial charge in [-0.15, -0.1) is 0 Å². The van der Waals surface area contributed by atoms with Crippen LogP contribution in [0, 0.1) is 0 Å². The van der Waals surface area contributed by atoms with Crippen LogP contribution in [0.25, 0.3) is 72.1 Å². The van der Waals surface area contributed by atoms with E-state index in [0.29, 0.717) is 0 Å². The van der Waals surface area contributed by atoms with Crippen LogP contribution in [0.1, 0.15) is 0 Å². The average molecular weight is 1030 g/mol. The van der Waals surface area contributed by atoms with Gasteiger partial charge in [-0.2, -0.15) is 0 Å². The van der Waals surface area contributed by atoms with Crippen molar-refractivity contribution < 1.29 is 10.0 Å². The van der Waals surface area contributed by atoms with Crippen LogP contribution in [0.3, 0.4) is 0 Å². The Hall–Kier alpha value is -9.01. The minimum atomic E-state index is -3.15. The van der Waals surface area contributed by atoms with E-state index < -0.39 is 15.1 Å². The first kappa shape index (κ1) is 50.2. The minimum Gasteiger partial charge on any atom is -0.412 e. The molecular formula is C71H54N2O2P2. The van der Waals surface area contributed by atoms with Gasteiger partial charge in [-0.1, -0.05) is 273 Å². The zero-order valence-corrected chi connectivity index (χ0v) is 44.0. The summed E-state index contributed by atoms with van der Waals surface area (Å²) in [5.74, 6) is 0. The Labute approximate surface area is 451 Å². The van der Waals surface area contributed by atoms with Crippen LogP contribution >= 0.6 is 15.1 Å². The van der Waals surface area contributed by atoms with Crippen LogP contribution in [0.2, 0.25) is 0 Å². The smallest absolute Gasteiger partial charge is 0.171 e. The zero-order chi connectivity index (χ0) is 51.1. The van der Waals surface area contributed by atoms with Crippen molar-refractivity contribution in [2.24, 2.45) is 0 Å². The van der Waals surface area contributed by atoms with E-state index in [4.69, 9.17) is 0 Å². The van der Waals surface area contributed by atoms with Crippen LogP contribution in [0.5, 0.6) is 0 Å². The number of para-hydroxylation sites is 1. The Bertz CT molecular complexity index is 3900. The highest BCUT2D eigenvalue weighted by molar-refractivity contribution is 7.85. The summed E-state index contributed by atoms with van der Waals surface area (Å²) in [5.41, 5.74) is 12.6. The van der Waals surface area contributed by atoms with Crippen molar-refractivity contribution in [3.8, 4) is 50.3 Å². The minimum absolute atomic E-state index is 0. The highest BCUT2D eigenvalue weighted by Crippen LogP contribution is 2.44. The molecule has 370 valence electrons. The van der Waals surface area contributed by atoms with Crippen LogP contribution in [-0.2, 0) is 4.57 Å².